The molecule has 2 amide bonds. The third kappa shape index (κ3) is 4.05. The van der Waals surface area contributed by atoms with Crippen molar-refractivity contribution >= 4 is 17.8 Å². The number of esters is 1. The summed E-state index contributed by atoms with van der Waals surface area (Å²) in [5.41, 5.74) is 0.920. The van der Waals surface area contributed by atoms with Crippen molar-refractivity contribution < 1.29 is 19.1 Å². The molecule has 0 bridgehead atoms. The number of rotatable bonds is 5. The number of methoxy groups -OCH3 is 1. The third-order valence-corrected chi connectivity index (χ3v) is 3.40. The van der Waals surface area contributed by atoms with E-state index in [0.717, 1.165) is 5.56 Å². The zero-order chi connectivity index (χ0) is 15.2. The standard InChI is InChI=1S/C15H18N2O4/c1-21-15(20)12(9-10-5-3-2-4-6-10)17-14(19)11-7-8-13(18)16-11/h2-6,11-12H,7-9H2,1H3,(H,16,18)(H,17,19)/t11-,12+/m0/s1. The minimum absolute atomic E-state index is 0.146. The Morgan fingerprint density at radius 2 is 2.10 bits per heavy atom. The molecule has 6 nitrogen and oxygen atoms in total. The minimum atomic E-state index is -0.762. The lowest BCUT2D eigenvalue weighted by Gasteiger charge is -2.19. The monoisotopic (exact) mass is 290 g/mol. The molecule has 2 N–H and O–H groups in total. The predicted octanol–water partition coefficient (Wildman–Crippen LogP) is 0.166. The first kappa shape index (κ1) is 15.0. The molecule has 1 fully saturated rings. The van der Waals surface area contributed by atoms with Crippen LogP contribution in [-0.2, 0) is 25.5 Å². The fourth-order valence-corrected chi connectivity index (χ4v) is 2.27. The number of carbonyl (C=O) groups excluding carboxylic acids is 3. The van der Waals surface area contributed by atoms with Crippen LogP contribution in [-0.4, -0.2) is 37.0 Å². The van der Waals surface area contributed by atoms with Gasteiger partial charge in [0, 0.05) is 12.8 Å². The molecule has 2 rings (SSSR count). The smallest absolute Gasteiger partial charge is 0.328 e. The van der Waals surface area contributed by atoms with Gasteiger partial charge in [0.1, 0.15) is 12.1 Å². The van der Waals surface area contributed by atoms with Crippen LogP contribution in [0.25, 0.3) is 0 Å². The van der Waals surface area contributed by atoms with E-state index in [0.29, 0.717) is 19.3 Å². The van der Waals surface area contributed by atoms with Crippen molar-refractivity contribution in [2.24, 2.45) is 0 Å². The van der Waals surface area contributed by atoms with Crippen LogP contribution < -0.4 is 10.6 Å². The summed E-state index contributed by atoms with van der Waals surface area (Å²) >= 11 is 0. The molecule has 1 aromatic rings. The molecule has 0 aromatic heterocycles. The van der Waals surface area contributed by atoms with Gasteiger partial charge in [0.2, 0.25) is 11.8 Å². The topological polar surface area (TPSA) is 84.5 Å². The van der Waals surface area contributed by atoms with Crippen LogP contribution in [0.5, 0.6) is 0 Å². The number of benzene rings is 1. The maximum atomic E-state index is 12.1. The molecule has 1 aliphatic rings. The van der Waals surface area contributed by atoms with Crippen LogP contribution in [0.3, 0.4) is 0 Å². The van der Waals surface area contributed by atoms with E-state index in [2.05, 4.69) is 10.6 Å². The molecule has 6 heteroatoms. The quantitative estimate of drug-likeness (QED) is 0.757. The van der Waals surface area contributed by atoms with Gasteiger partial charge < -0.3 is 15.4 Å². The van der Waals surface area contributed by atoms with Crippen molar-refractivity contribution in [2.75, 3.05) is 7.11 Å². The Morgan fingerprint density at radius 1 is 1.38 bits per heavy atom. The molecular weight excluding hydrogens is 272 g/mol. The first-order chi connectivity index (χ1) is 10.1. The summed E-state index contributed by atoms with van der Waals surface area (Å²) in [6, 6.07) is 8.02. The van der Waals surface area contributed by atoms with E-state index in [1.54, 1.807) is 0 Å². The summed E-state index contributed by atoms with van der Waals surface area (Å²) in [6.07, 6.45) is 1.13. The lowest BCUT2D eigenvalue weighted by atomic mass is 10.1. The zero-order valence-electron chi connectivity index (χ0n) is 11.8. The number of carbonyl (C=O) groups is 3. The minimum Gasteiger partial charge on any atom is -0.467 e. The maximum absolute atomic E-state index is 12.1. The average molecular weight is 290 g/mol. The predicted molar refractivity (Wildman–Crippen MR) is 75.3 cm³/mol. The molecule has 0 spiro atoms. The van der Waals surface area contributed by atoms with Gasteiger partial charge in [0.05, 0.1) is 7.11 Å². The fourth-order valence-electron chi connectivity index (χ4n) is 2.27. The Morgan fingerprint density at radius 3 is 2.67 bits per heavy atom. The van der Waals surface area contributed by atoms with Gasteiger partial charge in [0.25, 0.3) is 0 Å². The Labute approximate surface area is 122 Å². The zero-order valence-corrected chi connectivity index (χ0v) is 11.8. The van der Waals surface area contributed by atoms with E-state index < -0.39 is 18.1 Å². The summed E-state index contributed by atoms with van der Waals surface area (Å²) in [7, 11) is 1.28. The van der Waals surface area contributed by atoms with Crippen LogP contribution in [0, 0.1) is 0 Å². The van der Waals surface area contributed by atoms with E-state index >= 15 is 0 Å². The molecule has 0 aliphatic carbocycles. The summed E-state index contributed by atoms with van der Waals surface area (Å²) in [4.78, 5) is 35.0. The molecule has 0 radical (unpaired) electrons. The van der Waals surface area contributed by atoms with Crippen molar-refractivity contribution in [1.82, 2.24) is 10.6 Å². The number of hydrogen-bond acceptors (Lipinski definition) is 4. The molecule has 0 unspecified atom stereocenters. The van der Waals surface area contributed by atoms with Crippen molar-refractivity contribution in [3.8, 4) is 0 Å². The van der Waals surface area contributed by atoms with Gasteiger partial charge in [-0.3, -0.25) is 9.59 Å². The molecule has 1 saturated heterocycles. The maximum Gasteiger partial charge on any atom is 0.328 e. The van der Waals surface area contributed by atoms with Gasteiger partial charge in [-0.25, -0.2) is 4.79 Å². The third-order valence-electron chi connectivity index (χ3n) is 3.40. The number of nitrogens with one attached hydrogen (secondary N) is 2. The van der Waals surface area contributed by atoms with Crippen LogP contribution in [0.1, 0.15) is 18.4 Å². The Hall–Kier alpha value is -2.37. The van der Waals surface area contributed by atoms with Crippen molar-refractivity contribution in [1.29, 1.82) is 0 Å². The largest absolute Gasteiger partial charge is 0.467 e. The molecule has 1 heterocycles. The van der Waals surface area contributed by atoms with E-state index in [4.69, 9.17) is 4.74 Å². The first-order valence-corrected chi connectivity index (χ1v) is 6.81. The highest BCUT2D eigenvalue weighted by Crippen LogP contribution is 2.09. The Bertz CT molecular complexity index is 530. The number of ether oxygens (including phenoxy) is 1. The number of hydrogen-bond donors (Lipinski definition) is 2. The molecular formula is C15H18N2O4. The normalized spacial score (nSPS) is 18.7. The van der Waals surface area contributed by atoms with Crippen molar-refractivity contribution in [3.63, 3.8) is 0 Å². The summed E-state index contributed by atoms with van der Waals surface area (Å²) in [5, 5.41) is 5.23. The van der Waals surface area contributed by atoms with E-state index in [1.165, 1.54) is 7.11 Å². The van der Waals surface area contributed by atoms with E-state index in [-0.39, 0.29) is 11.8 Å². The van der Waals surface area contributed by atoms with Crippen LogP contribution in [0.2, 0.25) is 0 Å². The Kier molecular flexibility index (Phi) is 4.92. The second-order valence-corrected chi connectivity index (χ2v) is 4.93. The van der Waals surface area contributed by atoms with Crippen molar-refractivity contribution in [3.05, 3.63) is 35.9 Å². The lowest BCUT2D eigenvalue weighted by Crippen LogP contribution is -2.49. The SMILES string of the molecule is COC(=O)[C@@H](Cc1ccccc1)NC(=O)[C@@H]1CCC(=O)N1. The van der Waals surface area contributed by atoms with Gasteiger partial charge in [-0.15, -0.1) is 0 Å². The molecule has 1 aromatic carbocycles. The summed E-state index contributed by atoms with van der Waals surface area (Å²) in [5.74, 6) is -1.00. The second kappa shape index (κ2) is 6.88. The van der Waals surface area contributed by atoms with Crippen molar-refractivity contribution in [2.45, 2.75) is 31.3 Å². The highest BCUT2D eigenvalue weighted by atomic mass is 16.5. The second-order valence-electron chi connectivity index (χ2n) is 4.93. The summed E-state index contributed by atoms with van der Waals surface area (Å²) in [6.45, 7) is 0. The van der Waals surface area contributed by atoms with E-state index in [9.17, 15) is 14.4 Å². The van der Waals surface area contributed by atoms with Gasteiger partial charge in [-0.2, -0.15) is 0 Å². The molecule has 21 heavy (non-hydrogen) atoms. The Balaban J connectivity index is 2.01. The molecule has 0 saturated carbocycles. The number of amides is 2. The van der Waals surface area contributed by atoms with Crippen LogP contribution >= 0.6 is 0 Å². The van der Waals surface area contributed by atoms with E-state index in [1.807, 2.05) is 30.3 Å². The molecule has 1 aliphatic heterocycles. The van der Waals surface area contributed by atoms with Crippen LogP contribution in [0.15, 0.2) is 30.3 Å². The lowest BCUT2D eigenvalue weighted by molar-refractivity contribution is -0.145. The average Bonchev–Trinajstić information content (AvgIpc) is 2.93. The highest BCUT2D eigenvalue weighted by molar-refractivity contribution is 5.93. The van der Waals surface area contributed by atoms with Gasteiger partial charge in [-0.1, -0.05) is 30.3 Å². The summed E-state index contributed by atoms with van der Waals surface area (Å²) < 4.78 is 4.73. The first-order valence-electron chi connectivity index (χ1n) is 6.81. The van der Waals surface area contributed by atoms with Gasteiger partial charge in [0.15, 0.2) is 0 Å². The fraction of sp³-hybridized carbons (Fsp3) is 0.400. The highest BCUT2D eigenvalue weighted by Gasteiger charge is 2.30. The van der Waals surface area contributed by atoms with Crippen LogP contribution in [0.4, 0.5) is 0 Å². The molecule has 112 valence electrons. The van der Waals surface area contributed by atoms with Gasteiger partial charge in [-0.05, 0) is 12.0 Å². The molecule has 2 atom stereocenters. The van der Waals surface area contributed by atoms with Gasteiger partial charge >= 0.3 is 5.97 Å².